The summed E-state index contributed by atoms with van der Waals surface area (Å²) in [5.74, 6) is -0.575. The highest BCUT2D eigenvalue weighted by molar-refractivity contribution is 7.98. The van der Waals surface area contributed by atoms with E-state index in [1.165, 1.54) is 0 Å². The summed E-state index contributed by atoms with van der Waals surface area (Å²) < 4.78 is 0. The molecule has 0 radical (unpaired) electrons. The van der Waals surface area contributed by atoms with Gasteiger partial charge in [0.2, 0.25) is 0 Å². The summed E-state index contributed by atoms with van der Waals surface area (Å²) in [5.41, 5.74) is 0.772. The minimum atomic E-state index is -0.802. The molecule has 0 saturated heterocycles. The molecule has 2 N–H and O–H groups in total. The Kier molecular flexibility index (Phi) is 3.57. The molecule has 1 aromatic carbocycles. The minimum absolute atomic E-state index is 0.190. The number of aromatic hydroxyl groups is 1. The number of phenols is 1. The Hall–Kier alpha value is -1.16. The first-order valence-electron chi connectivity index (χ1n) is 6.13. The van der Waals surface area contributed by atoms with E-state index >= 15 is 0 Å². The maximum atomic E-state index is 11.7. The number of rotatable bonds is 3. The highest BCUT2D eigenvalue weighted by atomic mass is 32.2. The van der Waals surface area contributed by atoms with E-state index in [-0.39, 0.29) is 5.75 Å². The van der Waals surface area contributed by atoms with Crippen LogP contribution in [-0.4, -0.2) is 22.4 Å². The Bertz CT molecular complexity index is 476. The molecule has 1 aromatic rings. The molecule has 0 atom stereocenters. The minimum Gasteiger partial charge on any atom is -0.508 e. The summed E-state index contributed by atoms with van der Waals surface area (Å²) in [6.45, 7) is 1.83. The number of carbonyl (C=O) groups is 1. The molecule has 18 heavy (non-hydrogen) atoms. The van der Waals surface area contributed by atoms with Crippen molar-refractivity contribution >= 4 is 17.7 Å². The summed E-state index contributed by atoms with van der Waals surface area (Å²) in [4.78, 5) is 12.7. The monoisotopic (exact) mass is 266 g/mol. The van der Waals surface area contributed by atoms with Crippen LogP contribution in [0.15, 0.2) is 17.0 Å². The first-order chi connectivity index (χ1) is 8.51. The first-order valence-corrected chi connectivity index (χ1v) is 7.35. The van der Waals surface area contributed by atoms with Gasteiger partial charge in [0, 0.05) is 4.90 Å². The highest BCUT2D eigenvalue weighted by Gasteiger charge is 2.44. The van der Waals surface area contributed by atoms with E-state index in [2.05, 4.69) is 0 Å². The van der Waals surface area contributed by atoms with Gasteiger partial charge in [-0.1, -0.05) is 12.8 Å². The Labute approximate surface area is 111 Å². The Morgan fingerprint density at radius 1 is 1.33 bits per heavy atom. The molecule has 3 nitrogen and oxygen atoms in total. The van der Waals surface area contributed by atoms with Crippen molar-refractivity contribution in [3.63, 3.8) is 0 Å². The van der Waals surface area contributed by atoms with Crippen molar-refractivity contribution in [1.29, 1.82) is 0 Å². The largest absolute Gasteiger partial charge is 0.508 e. The van der Waals surface area contributed by atoms with Crippen molar-refractivity contribution in [2.75, 3.05) is 6.26 Å². The van der Waals surface area contributed by atoms with Crippen LogP contribution >= 0.6 is 11.8 Å². The van der Waals surface area contributed by atoms with Gasteiger partial charge in [0.05, 0.1) is 5.41 Å². The van der Waals surface area contributed by atoms with Crippen molar-refractivity contribution in [3.8, 4) is 5.75 Å². The third-order valence-electron chi connectivity index (χ3n) is 3.90. The van der Waals surface area contributed by atoms with Gasteiger partial charge in [0.1, 0.15) is 5.75 Å². The molecule has 0 spiro atoms. The Balaban J connectivity index is 2.61. The van der Waals surface area contributed by atoms with Crippen LogP contribution in [0.4, 0.5) is 0 Å². The summed E-state index contributed by atoms with van der Waals surface area (Å²) in [5, 5.41) is 19.5. The van der Waals surface area contributed by atoms with E-state index in [4.69, 9.17) is 0 Å². The van der Waals surface area contributed by atoms with Gasteiger partial charge in [-0.15, -0.1) is 11.8 Å². The molecule has 1 aliphatic rings. The van der Waals surface area contributed by atoms with E-state index in [0.717, 1.165) is 28.9 Å². The summed E-state index contributed by atoms with van der Waals surface area (Å²) >= 11 is 1.55. The van der Waals surface area contributed by atoms with Gasteiger partial charge in [0.25, 0.3) is 0 Å². The second-order valence-electron chi connectivity index (χ2n) is 4.93. The van der Waals surface area contributed by atoms with Crippen molar-refractivity contribution < 1.29 is 15.0 Å². The number of carboxylic acid groups (broad SMARTS) is 1. The van der Waals surface area contributed by atoms with Crippen LogP contribution in [0.2, 0.25) is 0 Å². The average molecular weight is 266 g/mol. The molecule has 0 aromatic heterocycles. The molecule has 1 aliphatic carbocycles. The molecule has 2 rings (SSSR count). The number of hydrogen-bond donors (Lipinski definition) is 2. The molecule has 4 heteroatoms. The van der Waals surface area contributed by atoms with E-state index in [1.807, 2.05) is 19.2 Å². The number of hydrogen-bond acceptors (Lipinski definition) is 3. The zero-order valence-corrected chi connectivity index (χ0v) is 11.5. The Morgan fingerprint density at radius 3 is 2.44 bits per heavy atom. The van der Waals surface area contributed by atoms with E-state index in [1.54, 1.807) is 17.8 Å². The molecule has 0 aliphatic heterocycles. The lowest BCUT2D eigenvalue weighted by Gasteiger charge is -2.27. The molecule has 1 saturated carbocycles. The number of aliphatic carboxylic acids is 1. The van der Waals surface area contributed by atoms with Crippen LogP contribution in [-0.2, 0) is 10.2 Å². The lowest BCUT2D eigenvalue weighted by Crippen LogP contribution is -2.33. The van der Waals surface area contributed by atoms with Gasteiger partial charge in [0.15, 0.2) is 0 Å². The zero-order valence-electron chi connectivity index (χ0n) is 10.7. The van der Waals surface area contributed by atoms with Crippen LogP contribution in [0.3, 0.4) is 0 Å². The summed E-state index contributed by atoms with van der Waals surface area (Å²) in [6, 6.07) is 3.54. The normalized spacial score (nSPS) is 17.9. The lowest BCUT2D eigenvalue weighted by atomic mass is 9.78. The van der Waals surface area contributed by atoms with Gasteiger partial charge >= 0.3 is 5.97 Å². The fourth-order valence-electron chi connectivity index (χ4n) is 2.79. The summed E-state index contributed by atoms with van der Waals surface area (Å²) in [7, 11) is 0. The highest BCUT2D eigenvalue weighted by Crippen LogP contribution is 2.46. The van der Waals surface area contributed by atoms with Crippen LogP contribution in [0.25, 0.3) is 0 Å². The van der Waals surface area contributed by atoms with E-state index in [0.29, 0.717) is 12.8 Å². The molecule has 0 amide bonds. The number of thioether (sulfide) groups is 1. The second-order valence-corrected chi connectivity index (χ2v) is 5.78. The smallest absolute Gasteiger partial charge is 0.314 e. The standard InChI is InChI=1S/C14H18O3S/c1-9-7-12(18-2)10(8-11(9)15)14(13(16)17)5-3-4-6-14/h7-8,15H,3-6H2,1-2H3,(H,16,17). The average Bonchev–Trinajstić information content (AvgIpc) is 2.82. The molecular weight excluding hydrogens is 248 g/mol. The predicted molar refractivity (Wildman–Crippen MR) is 72.4 cm³/mol. The van der Waals surface area contributed by atoms with Crippen LogP contribution in [0, 0.1) is 6.92 Å². The fourth-order valence-corrected chi connectivity index (χ4v) is 3.56. The van der Waals surface area contributed by atoms with E-state index in [9.17, 15) is 15.0 Å². The molecule has 1 fully saturated rings. The van der Waals surface area contributed by atoms with Gasteiger partial charge < -0.3 is 10.2 Å². The maximum Gasteiger partial charge on any atom is 0.314 e. The number of benzene rings is 1. The summed E-state index contributed by atoms with van der Waals surface area (Å²) in [6.07, 6.45) is 5.15. The molecule has 98 valence electrons. The fraction of sp³-hybridized carbons (Fsp3) is 0.500. The third-order valence-corrected chi connectivity index (χ3v) is 4.68. The van der Waals surface area contributed by atoms with Gasteiger partial charge in [-0.3, -0.25) is 4.79 Å². The quantitative estimate of drug-likeness (QED) is 0.824. The predicted octanol–water partition coefficient (Wildman–Crippen LogP) is 3.32. The molecule has 0 unspecified atom stereocenters. The SMILES string of the molecule is CSc1cc(C)c(O)cc1C1(C(=O)O)CCCC1. The van der Waals surface area contributed by atoms with Crippen LogP contribution in [0.5, 0.6) is 5.75 Å². The van der Waals surface area contributed by atoms with Crippen molar-refractivity contribution in [2.24, 2.45) is 0 Å². The van der Waals surface area contributed by atoms with Crippen molar-refractivity contribution in [1.82, 2.24) is 0 Å². The maximum absolute atomic E-state index is 11.7. The van der Waals surface area contributed by atoms with Gasteiger partial charge in [-0.05, 0) is 49.3 Å². The number of aryl methyl sites for hydroxylation is 1. The second kappa shape index (κ2) is 4.84. The topological polar surface area (TPSA) is 57.5 Å². The first kappa shape index (κ1) is 13.3. The van der Waals surface area contributed by atoms with E-state index < -0.39 is 11.4 Å². The van der Waals surface area contributed by atoms with Crippen molar-refractivity contribution in [2.45, 2.75) is 42.9 Å². The van der Waals surface area contributed by atoms with Gasteiger partial charge in [-0.2, -0.15) is 0 Å². The van der Waals surface area contributed by atoms with Crippen LogP contribution in [0.1, 0.15) is 36.8 Å². The molecule has 0 bridgehead atoms. The lowest BCUT2D eigenvalue weighted by molar-refractivity contribution is -0.143. The molecule has 0 heterocycles. The number of phenolic OH excluding ortho intramolecular Hbond substituents is 1. The van der Waals surface area contributed by atoms with Gasteiger partial charge in [-0.25, -0.2) is 0 Å². The zero-order chi connectivity index (χ0) is 13.3. The Morgan fingerprint density at radius 2 is 1.94 bits per heavy atom. The number of carboxylic acids is 1. The molecular formula is C14H18O3S. The van der Waals surface area contributed by atoms with Crippen LogP contribution < -0.4 is 0 Å². The van der Waals surface area contributed by atoms with Crippen molar-refractivity contribution in [3.05, 3.63) is 23.3 Å². The third kappa shape index (κ3) is 1.99.